The van der Waals surface area contributed by atoms with E-state index in [1.165, 1.54) is 45.2 Å². The number of fused-ring (bicyclic) bond motifs is 1. The van der Waals surface area contributed by atoms with E-state index in [2.05, 4.69) is 80.8 Å². The van der Waals surface area contributed by atoms with Crippen molar-refractivity contribution in [2.45, 2.75) is 127 Å². The van der Waals surface area contributed by atoms with Crippen LogP contribution < -0.4 is 51.4 Å². The Kier molecular flexibility index (Phi) is 48.4. The van der Waals surface area contributed by atoms with Gasteiger partial charge < -0.3 is 52.6 Å². The number of carboxylic acids is 3. The number of carbonyl (C=O) groups excluding carboxylic acids is 2. The van der Waals surface area contributed by atoms with Crippen molar-refractivity contribution in [3.05, 3.63) is 133 Å². The molecule has 0 saturated carbocycles. The molecule has 0 aliphatic rings. The van der Waals surface area contributed by atoms with Crippen LogP contribution in [0, 0.1) is 0 Å². The number of para-hydroxylation sites is 4. The molecule has 28 heteroatoms. The van der Waals surface area contributed by atoms with Crippen molar-refractivity contribution < 1.29 is 78.8 Å². The van der Waals surface area contributed by atoms with Crippen LogP contribution in [0.5, 0.6) is 0 Å². The average Bonchev–Trinajstić information content (AvgIpc) is 4.01. The van der Waals surface area contributed by atoms with Crippen LogP contribution in [-0.2, 0) is 28.7 Å². The fraction of sp³-hybridized carbons (Fsp3) is 0.375. The number of carbonyl (C=O) groups is 5. The van der Waals surface area contributed by atoms with Gasteiger partial charge in [-0.1, -0.05) is 122 Å². The average molecular weight is 1360 g/mol. The summed E-state index contributed by atoms with van der Waals surface area (Å²) in [5.74, 6) is 1.53. The minimum absolute atomic E-state index is 0. The van der Waals surface area contributed by atoms with E-state index >= 15 is 0 Å². The summed E-state index contributed by atoms with van der Waals surface area (Å²) in [7, 11) is 16.7. The zero-order valence-electron chi connectivity index (χ0n) is 49.7. The maximum Gasteiger partial charge on any atom is 1.00 e. The molecule has 0 unspecified atom stereocenters. The number of nitrogens with two attached hydrogens (primary N) is 1. The minimum atomic E-state index is -0.801. The Balaban J connectivity index is -0.000000933. The molecule has 9 N–H and O–H groups in total. The number of pyridine rings is 1. The van der Waals surface area contributed by atoms with E-state index in [0.29, 0.717) is 6.42 Å². The summed E-state index contributed by atoms with van der Waals surface area (Å²) >= 11 is 14.5. The first-order valence-corrected chi connectivity index (χ1v) is 33.3. The number of rotatable bonds is 20. The molecule has 0 saturated heterocycles. The number of hydrogen-bond acceptors (Lipinski definition) is 22. The molecule has 0 fully saturated rings. The predicted octanol–water partition coefficient (Wildman–Crippen LogP) is 13.5. The van der Waals surface area contributed by atoms with Crippen molar-refractivity contribution >= 4 is 169 Å². The molecule has 460 valence electrons. The van der Waals surface area contributed by atoms with E-state index in [9.17, 15) is 24.0 Å². The van der Waals surface area contributed by atoms with Crippen LogP contribution in [0.3, 0.4) is 0 Å². The summed E-state index contributed by atoms with van der Waals surface area (Å²) in [6.45, 7) is 16.6. The Morgan fingerprint density at radius 3 is 1.36 bits per heavy atom. The maximum atomic E-state index is 11.3. The molecule has 84 heavy (non-hydrogen) atoms. The Labute approximate surface area is 561 Å². The second-order valence-corrected chi connectivity index (χ2v) is 30.6. The SMILES string of the molecule is CC(=O)Cl.CC(C)(CC(=O)O)SSc1ccccn1.CC(C)(S)CC(=O)O.CNc1ccccc1S.CNc1ccccc1SSC(C)(C)CC(=O)O.CNc1ccccc1SSC(C)(C)CC(=O)OC.N[N-]O.[Na+].c1ccc2scnc2c1. The van der Waals surface area contributed by atoms with Crippen molar-refractivity contribution in [3.63, 3.8) is 0 Å². The van der Waals surface area contributed by atoms with Crippen molar-refractivity contribution in [1.82, 2.24) is 9.97 Å². The molecule has 6 rings (SSSR count). The van der Waals surface area contributed by atoms with Crippen LogP contribution >= 0.6 is 113 Å². The number of carboxylic acid groups (broad SMARTS) is 3. The fourth-order valence-corrected chi connectivity index (χ4v) is 13.6. The molecule has 17 nitrogen and oxygen atoms in total. The van der Waals surface area contributed by atoms with Gasteiger partial charge in [-0.25, -0.2) is 9.97 Å². The molecule has 0 bridgehead atoms. The normalized spacial score (nSPS) is 10.4. The summed E-state index contributed by atoms with van der Waals surface area (Å²) in [4.78, 5) is 63.4. The van der Waals surface area contributed by atoms with Crippen LogP contribution in [0.25, 0.3) is 15.8 Å². The molecule has 6 aromatic rings. The molecule has 0 atom stereocenters. The Bertz CT molecular complexity index is 2750. The first kappa shape index (κ1) is 85.0. The number of halogens is 1. The number of esters is 1. The van der Waals surface area contributed by atoms with Gasteiger partial charge in [0.05, 0.1) is 48.5 Å². The second-order valence-electron chi connectivity index (χ2n) is 18.9. The molecule has 0 radical (unpaired) electrons. The van der Waals surface area contributed by atoms with Crippen molar-refractivity contribution in [3.8, 4) is 0 Å². The van der Waals surface area contributed by atoms with E-state index < -0.39 is 17.9 Å². The largest absolute Gasteiger partial charge is 1.00 e. The van der Waals surface area contributed by atoms with Crippen LogP contribution in [0.2, 0.25) is 0 Å². The fourth-order valence-electron chi connectivity index (χ4n) is 5.45. The zero-order chi connectivity index (χ0) is 63.7. The summed E-state index contributed by atoms with van der Waals surface area (Å²) < 4.78 is 4.87. The number of thiol groups is 2. The monoisotopic (exact) mass is 1360 g/mol. The number of ether oxygens (including phenoxy) is 1. The molecule has 0 aliphatic carbocycles. The summed E-state index contributed by atoms with van der Waals surface area (Å²) in [6.07, 6.45) is 2.55. The predicted molar refractivity (Wildman–Crippen MR) is 364 cm³/mol. The molecular formula is C56H79ClN7NaO10S9. The number of hydrogen-bond donors (Lipinski definition) is 10. The van der Waals surface area contributed by atoms with Crippen molar-refractivity contribution in [2.75, 3.05) is 44.2 Å². The molecule has 0 amide bonds. The second kappa shape index (κ2) is 47.8. The molecule has 2 heterocycles. The smallest absolute Gasteiger partial charge is 0.488 e. The topological polar surface area (TPSA) is 277 Å². The van der Waals surface area contributed by atoms with Crippen LogP contribution in [0.4, 0.5) is 17.1 Å². The van der Waals surface area contributed by atoms with Gasteiger partial charge in [0.2, 0.25) is 5.24 Å². The molecule has 2 aromatic heterocycles. The van der Waals surface area contributed by atoms with Crippen molar-refractivity contribution in [1.29, 1.82) is 0 Å². The zero-order valence-corrected chi connectivity index (χ0v) is 60.0. The van der Waals surface area contributed by atoms with Gasteiger partial charge >= 0.3 is 53.4 Å². The third-order valence-electron chi connectivity index (χ3n) is 8.96. The van der Waals surface area contributed by atoms with Gasteiger partial charge in [0.25, 0.3) is 0 Å². The Morgan fingerprint density at radius 1 is 0.619 bits per heavy atom. The van der Waals surface area contributed by atoms with Gasteiger partial charge in [-0.3, -0.25) is 24.0 Å². The van der Waals surface area contributed by atoms with Crippen molar-refractivity contribution in [2.24, 2.45) is 5.84 Å². The number of nitrogens with one attached hydrogen (secondary N) is 3. The number of benzene rings is 4. The third-order valence-corrected chi connectivity index (χ3v) is 20.2. The number of methoxy groups -OCH3 is 1. The van der Waals surface area contributed by atoms with Gasteiger partial charge in [-0.2, -0.15) is 12.6 Å². The van der Waals surface area contributed by atoms with Gasteiger partial charge in [0.15, 0.2) is 0 Å². The number of nitrogens with zero attached hydrogens (tertiary/aromatic N) is 3. The Hall–Kier alpha value is -3.16. The van der Waals surface area contributed by atoms with E-state index in [4.69, 9.17) is 25.3 Å². The van der Waals surface area contributed by atoms with Crippen LogP contribution in [0.15, 0.2) is 147 Å². The standard InChI is InChI=1S/C13H19NO2S2.C12H17NO2S2.C10H13NO2S2.C7H5NS.C7H9NS.C5H10O2S.C2H3ClO.H3N2O.Na/c1-13(2,9-12(15)16-4)18-17-11-8-6-5-7-10(11)14-3;1-12(2,8-11(14)15)17-16-10-7-5-4-6-9(10)13-3;1-10(2,7-9(12)13)15-14-8-5-3-4-6-11-8;1-2-4-7-6(3-1)8-5-9-7;1-8-6-4-2-3-5-7(6)9;1-5(2,8)3-4(6)7;1-2(3)4;1-2-3;/h5-8,14H,9H2,1-4H3;4-7,13H,8H2,1-3H3,(H,14,15);3-6H,7H2,1-2H3,(H,12,13);1-5H;2-5,8-9H,1H3;8H,3H2,1-2H3,(H,6,7);1H3;3H,1H2;/q;;;;;;;-1;+1. The maximum absolute atomic E-state index is 11.3. The van der Waals surface area contributed by atoms with E-state index in [0.717, 1.165) is 37.4 Å². The van der Waals surface area contributed by atoms with E-state index in [-0.39, 0.29) is 79.0 Å². The number of anilines is 3. The Morgan fingerprint density at radius 2 is 1.00 bits per heavy atom. The molecule has 4 aromatic carbocycles. The summed E-state index contributed by atoms with van der Waals surface area (Å²) in [5.41, 5.74) is 8.20. The van der Waals surface area contributed by atoms with E-state index in [1.807, 2.05) is 177 Å². The minimum Gasteiger partial charge on any atom is -0.488 e. The third kappa shape index (κ3) is 47.0. The van der Waals surface area contributed by atoms with Gasteiger partial charge in [0, 0.05) is 85.0 Å². The molecular weight excluding hydrogens is 1280 g/mol. The molecule has 0 spiro atoms. The van der Waals surface area contributed by atoms with Gasteiger partial charge in [0.1, 0.15) is 5.03 Å². The van der Waals surface area contributed by atoms with Crippen LogP contribution in [-0.4, -0.2) is 107 Å². The number of thiazole rings is 1. The summed E-state index contributed by atoms with van der Waals surface area (Å²) in [5, 5.41) is 42.5. The summed E-state index contributed by atoms with van der Waals surface area (Å²) in [6, 6.07) is 37.8. The first-order valence-electron chi connectivity index (χ1n) is 24.7. The van der Waals surface area contributed by atoms with Crippen LogP contribution in [0.1, 0.15) is 88.0 Å². The number of aliphatic carboxylic acids is 3. The van der Waals surface area contributed by atoms with E-state index in [1.54, 1.807) is 74.6 Å². The first-order chi connectivity index (χ1) is 38.8. The molecule has 0 aliphatic heterocycles. The number of aromatic nitrogens is 2. The quantitative estimate of drug-likeness (QED) is 0.00647. The van der Waals surface area contributed by atoms with Gasteiger partial charge in [-0.15, -0.1) is 24.0 Å². The van der Waals surface area contributed by atoms with Gasteiger partial charge in [-0.05, 0) is 125 Å².